The largest absolute Gasteiger partial charge is 0.397 e. The Labute approximate surface area is 58.1 Å². The van der Waals surface area contributed by atoms with Crippen molar-refractivity contribution in [3.05, 3.63) is 0 Å². The molecule has 1 aliphatic rings. The quantitative estimate of drug-likeness (QED) is 0.457. The Hall–Kier alpha value is 0.107. The first-order valence-electron chi connectivity index (χ1n) is 3.54. The minimum atomic E-state index is -0.561. The molecule has 0 heterocycles. The summed E-state index contributed by atoms with van der Waals surface area (Å²) in [6.07, 6.45) is 6.26. The number of hydrogen-bond acceptors (Lipinski definition) is 1. The molecule has 1 nitrogen and oxygen atoms in total. The fraction of sp³-hybridized carbons (Fsp3) is 1.00. The summed E-state index contributed by atoms with van der Waals surface area (Å²) in [4.78, 5) is 2.85. The summed E-state index contributed by atoms with van der Waals surface area (Å²) in [6, 6.07) is 0.488. The van der Waals surface area contributed by atoms with Gasteiger partial charge in [0, 0.05) is 6.04 Å². The molecule has 52 valence electrons. The summed E-state index contributed by atoms with van der Waals surface area (Å²) in [5.74, 6) is 0. The van der Waals surface area contributed by atoms with Gasteiger partial charge in [0.25, 0.3) is 0 Å². The minimum Gasteiger partial charge on any atom is -0.308 e. The summed E-state index contributed by atoms with van der Waals surface area (Å²) in [5.41, 5.74) is 0. The Balaban J connectivity index is 2.08. The number of rotatable bonds is 2. The standard InChI is InChI=1S/C6H12FNSi/c7-9-8-6-4-2-1-3-5-6/h6,8H,1-5H2. The molecule has 1 saturated carbocycles. The first-order chi connectivity index (χ1) is 4.43. The molecule has 1 N–H and O–H groups in total. The molecule has 0 saturated heterocycles. The third-order valence-electron chi connectivity index (χ3n) is 1.86. The second kappa shape index (κ2) is 4.01. The van der Waals surface area contributed by atoms with E-state index in [2.05, 4.69) is 4.98 Å². The van der Waals surface area contributed by atoms with Crippen LogP contribution in [0.25, 0.3) is 0 Å². The molecule has 0 bridgehead atoms. The smallest absolute Gasteiger partial charge is 0.308 e. The Morgan fingerprint density at radius 2 is 1.89 bits per heavy atom. The fourth-order valence-corrected chi connectivity index (χ4v) is 1.77. The lowest BCUT2D eigenvalue weighted by atomic mass is 9.96. The van der Waals surface area contributed by atoms with Gasteiger partial charge in [0.2, 0.25) is 0 Å². The van der Waals surface area contributed by atoms with E-state index in [1.165, 1.54) is 32.1 Å². The van der Waals surface area contributed by atoms with Gasteiger partial charge in [-0.2, -0.15) is 0 Å². The van der Waals surface area contributed by atoms with Crippen LogP contribution in [0.5, 0.6) is 0 Å². The Kier molecular flexibility index (Phi) is 3.21. The Morgan fingerprint density at radius 1 is 1.22 bits per heavy atom. The number of nitrogens with one attached hydrogen (secondary N) is 1. The lowest BCUT2D eigenvalue weighted by Gasteiger charge is -2.20. The van der Waals surface area contributed by atoms with Crippen molar-refractivity contribution in [1.29, 1.82) is 0 Å². The van der Waals surface area contributed by atoms with E-state index >= 15 is 0 Å². The van der Waals surface area contributed by atoms with Crippen molar-refractivity contribution in [3.63, 3.8) is 0 Å². The summed E-state index contributed by atoms with van der Waals surface area (Å²) in [7, 11) is -0.561. The van der Waals surface area contributed by atoms with E-state index in [1.807, 2.05) is 0 Å². The van der Waals surface area contributed by atoms with Gasteiger partial charge < -0.3 is 4.98 Å². The highest BCUT2D eigenvalue weighted by molar-refractivity contribution is 6.22. The second-order valence-corrected chi connectivity index (χ2v) is 3.05. The Morgan fingerprint density at radius 3 is 2.44 bits per heavy atom. The lowest BCUT2D eigenvalue weighted by Crippen LogP contribution is -2.31. The van der Waals surface area contributed by atoms with E-state index in [9.17, 15) is 4.11 Å². The van der Waals surface area contributed by atoms with Crippen molar-refractivity contribution in [2.24, 2.45) is 0 Å². The van der Waals surface area contributed by atoms with Crippen LogP contribution in [0.3, 0.4) is 0 Å². The van der Waals surface area contributed by atoms with Gasteiger partial charge in [0.05, 0.1) is 0 Å². The van der Waals surface area contributed by atoms with Crippen LogP contribution in [0.1, 0.15) is 32.1 Å². The zero-order chi connectivity index (χ0) is 6.53. The molecule has 0 atom stereocenters. The van der Waals surface area contributed by atoms with Gasteiger partial charge in [-0.15, -0.1) is 0 Å². The second-order valence-electron chi connectivity index (χ2n) is 2.57. The molecule has 0 aliphatic heterocycles. The molecule has 2 radical (unpaired) electrons. The van der Waals surface area contributed by atoms with Gasteiger partial charge >= 0.3 is 10.0 Å². The van der Waals surface area contributed by atoms with Crippen molar-refractivity contribution in [3.8, 4) is 0 Å². The van der Waals surface area contributed by atoms with Gasteiger partial charge in [-0.1, -0.05) is 19.3 Å². The third-order valence-corrected chi connectivity index (χ3v) is 2.38. The van der Waals surface area contributed by atoms with Crippen LogP contribution < -0.4 is 4.98 Å². The molecular weight excluding hydrogens is 133 g/mol. The van der Waals surface area contributed by atoms with Gasteiger partial charge in [0.1, 0.15) is 0 Å². The summed E-state index contributed by atoms with van der Waals surface area (Å²) in [5, 5.41) is 0. The molecule has 0 aromatic carbocycles. The van der Waals surface area contributed by atoms with Crippen molar-refractivity contribution in [2.75, 3.05) is 0 Å². The van der Waals surface area contributed by atoms with E-state index in [4.69, 9.17) is 0 Å². The maximum atomic E-state index is 11.7. The molecule has 0 aromatic rings. The highest BCUT2D eigenvalue weighted by atomic mass is 28.3. The van der Waals surface area contributed by atoms with Crippen LogP contribution in [0.2, 0.25) is 0 Å². The van der Waals surface area contributed by atoms with Crippen LogP contribution in [0, 0.1) is 0 Å². The monoisotopic (exact) mass is 145 g/mol. The molecule has 0 amide bonds. The lowest BCUT2D eigenvalue weighted by molar-refractivity contribution is 0.413. The van der Waals surface area contributed by atoms with Crippen LogP contribution in [0.15, 0.2) is 0 Å². The van der Waals surface area contributed by atoms with Gasteiger partial charge in [0.15, 0.2) is 0 Å². The number of hydrogen-bond donors (Lipinski definition) is 1. The van der Waals surface area contributed by atoms with Crippen LogP contribution in [-0.2, 0) is 0 Å². The van der Waals surface area contributed by atoms with E-state index in [-0.39, 0.29) is 0 Å². The normalized spacial score (nSPS) is 22.3. The molecule has 1 aliphatic carbocycles. The molecular formula is C6H12FNSi. The average Bonchev–Trinajstić information content (AvgIpc) is 1.91. The fourth-order valence-electron chi connectivity index (χ4n) is 1.32. The molecule has 3 heteroatoms. The first-order valence-corrected chi connectivity index (χ1v) is 4.42. The maximum Gasteiger partial charge on any atom is 0.397 e. The van der Waals surface area contributed by atoms with Gasteiger partial charge in [-0.05, 0) is 12.8 Å². The summed E-state index contributed by atoms with van der Waals surface area (Å²) >= 11 is 0. The highest BCUT2D eigenvalue weighted by Crippen LogP contribution is 2.16. The molecule has 0 spiro atoms. The molecule has 9 heavy (non-hydrogen) atoms. The summed E-state index contributed by atoms with van der Waals surface area (Å²) in [6.45, 7) is 0. The zero-order valence-corrected chi connectivity index (χ0v) is 6.49. The predicted molar refractivity (Wildman–Crippen MR) is 36.9 cm³/mol. The first kappa shape index (κ1) is 7.22. The number of halogens is 1. The topological polar surface area (TPSA) is 12.0 Å². The Bertz CT molecular complexity index is 70.7. The molecule has 1 fully saturated rings. The molecule has 1 rings (SSSR count). The van der Waals surface area contributed by atoms with Crippen molar-refractivity contribution >= 4 is 10.0 Å². The van der Waals surface area contributed by atoms with Gasteiger partial charge in [-0.3, -0.25) is 4.11 Å². The average molecular weight is 145 g/mol. The van der Waals surface area contributed by atoms with Crippen molar-refractivity contribution < 1.29 is 4.11 Å². The molecule has 0 aromatic heterocycles. The van der Waals surface area contributed by atoms with Gasteiger partial charge in [-0.25, -0.2) is 0 Å². The predicted octanol–water partition coefficient (Wildman–Crippen LogP) is 1.41. The minimum absolute atomic E-state index is 0.488. The van der Waals surface area contributed by atoms with E-state index < -0.39 is 10.0 Å². The van der Waals surface area contributed by atoms with Crippen molar-refractivity contribution in [1.82, 2.24) is 4.98 Å². The van der Waals surface area contributed by atoms with E-state index in [0.717, 1.165) is 0 Å². The highest BCUT2D eigenvalue weighted by Gasteiger charge is 2.11. The van der Waals surface area contributed by atoms with E-state index in [1.54, 1.807) is 0 Å². The third kappa shape index (κ3) is 2.45. The SMILES string of the molecule is F[Si]NC1CCCCC1. The van der Waals surface area contributed by atoms with Crippen LogP contribution >= 0.6 is 0 Å². The zero-order valence-electron chi connectivity index (χ0n) is 5.49. The summed E-state index contributed by atoms with van der Waals surface area (Å²) < 4.78 is 11.7. The van der Waals surface area contributed by atoms with E-state index in [0.29, 0.717) is 6.04 Å². The maximum absolute atomic E-state index is 11.7. The molecule has 0 unspecified atom stereocenters. The van der Waals surface area contributed by atoms with Crippen LogP contribution in [-0.4, -0.2) is 16.1 Å². The van der Waals surface area contributed by atoms with Crippen molar-refractivity contribution in [2.45, 2.75) is 38.1 Å². The van der Waals surface area contributed by atoms with Crippen LogP contribution in [0.4, 0.5) is 4.11 Å².